The molecule has 1 aliphatic carbocycles. The van der Waals surface area contributed by atoms with Crippen LogP contribution in [0.2, 0.25) is 0 Å². The molecule has 0 radical (unpaired) electrons. The van der Waals surface area contributed by atoms with Gasteiger partial charge in [0.2, 0.25) is 11.2 Å². The molecule has 0 spiro atoms. The number of nitrogens with zero attached hydrogens (tertiary/aromatic N) is 3. The molecule has 0 bridgehead atoms. The Labute approximate surface area is 184 Å². The van der Waals surface area contributed by atoms with Gasteiger partial charge in [-0.3, -0.25) is 0 Å². The average molecular weight is 409 g/mol. The molecule has 31 heavy (non-hydrogen) atoms. The number of rotatable bonds is 3. The first-order chi connectivity index (χ1) is 15.0. The van der Waals surface area contributed by atoms with Gasteiger partial charge in [0.05, 0.1) is 0 Å². The second-order valence-corrected chi connectivity index (χ2v) is 9.12. The lowest BCUT2D eigenvalue weighted by atomic mass is 9.96. The second kappa shape index (κ2) is 7.88. The molecule has 1 saturated carbocycles. The molecule has 0 saturated heterocycles. The molecule has 156 valence electrons. The zero-order chi connectivity index (χ0) is 21.5. The largest absolute Gasteiger partial charge is 0.240 e. The summed E-state index contributed by atoms with van der Waals surface area (Å²) >= 11 is 0. The molecule has 4 aromatic rings. The maximum Gasteiger partial charge on any atom is 0.213 e. The summed E-state index contributed by atoms with van der Waals surface area (Å²) in [5.41, 5.74) is 9.97. The van der Waals surface area contributed by atoms with E-state index in [0.717, 1.165) is 17.0 Å². The van der Waals surface area contributed by atoms with E-state index in [-0.39, 0.29) is 0 Å². The SMILES string of the molecule is Cc1cc(C)c(C)c(-c2ccc3ccc(-c4cnc(C5CCCC5)nc4)cc3[n+]2C)c1. The Morgan fingerprint density at radius 3 is 2.29 bits per heavy atom. The highest BCUT2D eigenvalue weighted by atomic mass is 14.9. The van der Waals surface area contributed by atoms with Crippen molar-refractivity contribution in [3.8, 4) is 22.4 Å². The Hall–Kier alpha value is -3.07. The van der Waals surface area contributed by atoms with Crippen molar-refractivity contribution >= 4 is 10.9 Å². The van der Waals surface area contributed by atoms with Gasteiger partial charge in [-0.1, -0.05) is 30.5 Å². The molecule has 0 amide bonds. The molecule has 1 fully saturated rings. The normalized spacial score (nSPS) is 14.5. The number of hydrogen-bond donors (Lipinski definition) is 0. The maximum atomic E-state index is 4.72. The summed E-state index contributed by atoms with van der Waals surface area (Å²) in [4.78, 5) is 9.44. The van der Waals surface area contributed by atoms with Gasteiger partial charge in [-0.15, -0.1) is 0 Å². The molecule has 2 aromatic heterocycles. The third-order valence-electron chi connectivity index (χ3n) is 6.99. The number of aromatic nitrogens is 3. The number of hydrogen-bond acceptors (Lipinski definition) is 2. The van der Waals surface area contributed by atoms with Crippen LogP contribution < -0.4 is 4.57 Å². The molecule has 0 aliphatic heterocycles. The number of aryl methyl sites for hydroxylation is 3. The van der Waals surface area contributed by atoms with Gasteiger partial charge in [-0.25, -0.2) is 9.97 Å². The predicted octanol–water partition coefficient (Wildman–Crippen LogP) is 6.37. The van der Waals surface area contributed by atoms with Gasteiger partial charge in [-0.05, 0) is 68.5 Å². The van der Waals surface area contributed by atoms with Gasteiger partial charge in [-0.2, -0.15) is 4.57 Å². The summed E-state index contributed by atoms with van der Waals surface area (Å²) in [6.07, 6.45) is 9.06. The smallest absolute Gasteiger partial charge is 0.213 e. The van der Waals surface area contributed by atoms with E-state index < -0.39 is 0 Å². The summed E-state index contributed by atoms with van der Waals surface area (Å²) < 4.78 is 2.31. The fourth-order valence-corrected chi connectivity index (χ4v) is 5.02. The Kier molecular flexibility index (Phi) is 5.05. The molecule has 3 nitrogen and oxygen atoms in total. The fraction of sp³-hybridized carbons (Fsp3) is 0.321. The van der Waals surface area contributed by atoms with E-state index in [1.165, 1.54) is 64.5 Å². The van der Waals surface area contributed by atoms with E-state index in [1.54, 1.807) is 0 Å². The third kappa shape index (κ3) is 3.63. The van der Waals surface area contributed by atoms with E-state index in [9.17, 15) is 0 Å². The summed E-state index contributed by atoms with van der Waals surface area (Å²) in [5.74, 6) is 1.56. The molecule has 0 unspecified atom stereocenters. The standard InChI is InChI=1S/C28H30N3/c1-18-13-19(2)20(3)25(14-18)26-12-11-21-9-10-23(15-27(21)31(26)4)24-16-29-28(30-17-24)22-7-5-6-8-22/h9-17,22H,5-8H2,1-4H3/q+1. The highest BCUT2D eigenvalue weighted by Crippen LogP contribution is 2.33. The van der Waals surface area contributed by atoms with Crippen molar-refractivity contribution in [1.82, 2.24) is 9.97 Å². The van der Waals surface area contributed by atoms with Gasteiger partial charge in [0.25, 0.3) is 0 Å². The molecule has 2 aromatic carbocycles. The van der Waals surface area contributed by atoms with Crippen molar-refractivity contribution in [2.24, 2.45) is 7.05 Å². The van der Waals surface area contributed by atoms with Crippen molar-refractivity contribution in [3.05, 3.63) is 77.4 Å². The van der Waals surface area contributed by atoms with Crippen LogP contribution in [0.15, 0.2) is 54.9 Å². The van der Waals surface area contributed by atoms with Crippen molar-refractivity contribution in [1.29, 1.82) is 0 Å². The van der Waals surface area contributed by atoms with Crippen LogP contribution in [0.5, 0.6) is 0 Å². The third-order valence-corrected chi connectivity index (χ3v) is 6.99. The minimum Gasteiger partial charge on any atom is -0.240 e. The highest BCUT2D eigenvalue weighted by molar-refractivity contribution is 5.83. The van der Waals surface area contributed by atoms with Gasteiger partial charge < -0.3 is 0 Å². The average Bonchev–Trinajstić information content (AvgIpc) is 3.32. The second-order valence-electron chi connectivity index (χ2n) is 9.12. The number of pyridine rings is 1. The van der Waals surface area contributed by atoms with Crippen LogP contribution >= 0.6 is 0 Å². The monoisotopic (exact) mass is 408 g/mol. The summed E-state index contributed by atoms with van der Waals surface area (Å²) in [7, 11) is 2.16. The molecule has 3 heteroatoms. The van der Waals surface area contributed by atoms with E-state index in [1.807, 2.05) is 12.4 Å². The molecule has 2 heterocycles. The first kappa shape index (κ1) is 19.9. The van der Waals surface area contributed by atoms with E-state index in [4.69, 9.17) is 9.97 Å². The maximum absolute atomic E-state index is 4.72. The van der Waals surface area contributed by atoms with Crippen LogP contribution in [0.1, 0.15) is 54.1 Å². The zero-order valence-corrected chi connectivity index (χ0v) is 18.9. The summed E-state index contributed by atoms with van der Waals surface area (Å²) in [5, 5.41) is 1.24. The van der Waals surface area contributed by atoms with E-state index in [2.05, 4.69) is 74.9 Å². The molecular formula is C28H30N3+. The van der Waals surface area contributed by atoms with Crippen molar-refractivity contribution in [3.63, 3.8) is 0 Å². The summed E-state index contributed by atoms with van der Waals surface area (Å²) in [6.45, 7) is 6.58. The quantitative estimate of drug-likeness (QED) is 0.369. The Morgan fingerprint density at radius 2 is 1.55 bits per heavy atom. The lowest BCUT2D eigenvalue weighted by Crippen LogP contribution is -2.32. The Bertz CT molecular complexity index is 1270. The van der Waals surface area contributed by atoms with Gasteiger partial charge in [0, 0.05) is 47.0 Å². The first-order valence-electron chi connectivity index (χ1n) is 11.3. The van der Waals surface area contributed by atoms with Crippen molar-refractivity contribution in [2.75, 3.05) is 0 Å². The van der Waals surface area contributed by atoms with Crippen LogP contribution in [0.25, 0.3) is 33.3 Å². The van der Waals surface area contributed by atoms with Crippen LogP contribution in [0.4, 0.5) is 0 Å². The number of fused-ring (bicyclic) bond motifs is 1. The van der Waals surface area contributed by atoms with E-state index in [0.29, 0.717) is 5.92 Å². The first-order valence-corrected chi connectivity index (χ1v) is 11.3. The highest BCUT2D eigenvalue weighted by Gasteiger charge is 2.20. The molecular weight excluding hydrogens is 378 g/mol. The van der Waals surface area contributed by atoms with Crippen LogP contribution in [0, 0.1) is 20.8 Å². The van der Waals surface area contributed by atoms with Crippen LogP contribution in [0.3, 0.4) is 0 Å². The minimum absolute atomic E-state index is 0.548. The van der Waals surface area contributed by atoms with Gasteiger partial charge in [0.15, 0.2) is 0 Å². The summed E-state index contributed by atoms with van der Waals surface area (Å²) in [6, 6.07) is 15.7. The molecule has 0 N–H and O–H groups in total. The van der Waals surface area contributed by atoms with Crippen LogP contribution in [-0.2, 0) is 7.05 Å². The van der Waals surface area contributed by atoms with E-state index >= 15 is 0 Å². The Morgan fingerprint density at radius 1 is 0.839 bits per heavy atom. The van der Waals surface area contributed by atoms with Gasteiger partial charge >= 0.3 is 0 Å². The molecule has 1 aliphatic rings. The lowest BCUT2D eigenvalue weighted by molar-refractivity contribution is -0.633. The minimum atomic E-state index is 0.548. The fourth-order valence-electron chi connectivity index (χ4n) is 5.02. The zero-order valence-electron chi connectivity index (χ0n) is 18.9. The van der Waals surface area contributed by atoms with Crippen LogP contribution in [-0.4, -0.2) is 9.97 Å². The number of benzene rings is 2. The lowest BCUT2D eigenvalue weighted by Gasteiger charge is -2.11. The molecule has 0 atom stereocenters. The Balaban J connectivity index is 1.57. The van der Waals surface area contributed by atoms with Crippen molar-refractivity contribution < 1.29 is 4.57 Å². The molecule has 5 rings (SSSR count). The van der Waals surface area contributed by atoms with Gasteiger partial charge in [0.1, 0.15) is 12.9 Å². The predicted molar refractivity (Wildman–Crippen MR) is 127 cm³/mol. The topological polar surface area (TPSA) is 29.7 Å². The van der Waals surface area contributed by atoms with Crippen molar-refractivity contribution in [2.45, 2.75) is 52.4 Å².